The number of benzene rings is 2. The SMILES string of the molecule is COc1ccc(-c2oc3c(CC=C(C)C)c(O)cc(O)c3c(=O)c2O[C@@H]2O[C@H](C)[C@@H](O)[C@H](O)[C@@H]2O[C@@H]2O[C@H](C)[C@@H](O)[C@H](O)[C@@H]2O)cc1. The second-order valence-corrected chi connectivity index (χ2v) is 12.0. The zero-order valence-corrected chi connectivity index (χ0v) is 26.4. The summed E-state index contributed by atoms with van der Waals surface area (Å²) in [6.45, 7) is 6.61. The number of aliphatic hydroxyl groups is 5. The molecular formula is C33H40O14. The Morgan fingerprint density at radius 1 is 0.851 bits per heavy atom. The highest BCUT2D eigenvalue weighted by Gasteiger charge is 2.50. The van der Waals surface area contributed by atoms with Crippen molar-refractivity contribution in [2.75, 3.05) is 7.11 Å². The second kappa shape index (κ2) is 13.8. The molecular weight excluding hydrogens is 620 g/mol. The molecule has 3 aromatic rings. The van der Waals surface area contributed by atoms with E-state index in [0.29, 0.717) is 11.3 Å². The first-order valence-corrected chi connectivity index (χ1v) is 15.1. The molecule has 7 N–H and O–H groups in total. The largest absolute Gasteiger partial charge is 0.507 e. The first kappa shape index (κ1) is 34.6. The van der Waals surface area contributed by atoms with Crippen LogP contribution in [0, 0.1) is 0 Å². The molecule has 0 unspecified atom stereocenters. The summed E-state index contributed by atoms with van der Waals surface area (Å²) in [5.74, 6) is -0.987. The number of fused-ring (bicyclic) bond motifs is 1. The lowest BCUT2D eigenvalue weighted by Crippen LogP contribution is -2.63. The fraction of sp³-hybridized carbons (Fsp3) is 0.485. The molecule has 0 aliphatic carbocycles. The first-order chi connectivity index (χ1) is 22.2. The van der Waals surface area contributed by atoms with Crippen molar-refractivity contribution < 1.29 is 63.8 Å². The average molecular weight is 661 g/mol. The predicted molar refractivity (Wildman–Crippen MR) is 165 cm³/mol. The molecule has 2 saturated heterocycles. The molecule has 2 aromatic carbocycles. The van der Waals surface area contributed by atoms with Gasteiger partial charge in [-0.2, -0.15) is 0 Å². The lowest BCUT2D eigenvalue weighted by atomic mass is 9.98. The predicted octanol–water partition coefficient (Wildman–Crippen LogP) is 1.45. The summed E-state index contributed by atoms with van der Waals surface area (Å²) in [5, 5.41) is 74.0. The molecule has 5 rings (SSSR count). The Bertz CT molecular complexity index is 1660. The van der Waals surface area contributed by atoms with E-state index in [1.165, 1.54) is 21.0 Å². The van der Waals surface area contributed by atoms with Crippen molar-refractivity contribution >= 4 is 11.0 Å². The van der Waals surface area contributed by atoms with E-state index in [9.17, 15) is 40.5 Å². The van der Waals surface area contributed by atoms with Crippen LogP contribution in [0.15, 0.2) is 51.2 Å². The van der Waals surface area contributed by atoms with Crippen LogP contribution in [0.3, 0.4) is 0 Å². The lowest BCUT2D eigenvalue weighted by Gasteiger charge is -2.45. The smallest absolute Gasteiger partial charge is 0.239 e. The minimum absolute atomic E-state index is 0.0929. The Morgan fingerprint density at radius 3 is 2.09 bits per heavy atom. The number of hydrogen-bond acceptors (Lipinski definition) is 14. The van der Waals surface area contributed by atoms with Crippen LogP contribution in [-0.4, -0.2) is 104 Å². The topological polar surface area (TPSA) is 218 Å². The quantitative estimate of drug-likeness (QED) is 0.170. The molecule has 2 aliphatic heterocycles. The van der Waals surface area contributed by atoms with E-state index in [-0.39, 0.29) is 34.5 Å². The van der Waals surface area contributed by atoms with Gasteiger partial charge in [0.1, 0.15) is 58.7 Å². The van der Waals surface area contributed by atoms with E-state index in [4.69, 9.17) is 28.1 Å². The van der Waals surface area contributed by atoms with E-state index in [1.807, 2.05) is 19.9 Å². The number of methoxy groups -OCH3 is 1. The summed E-state index contributed by atoms with van der Waals surface area (Å²) < 4.78 is 34.9. The van der Waals surface area contributed by atoms with Gasteiger partial charge in [-0.15, -0.1) is 0 Å². The molecule has 2 aliphatic rings. The summed E-state index contributed by atoms with van der Waals surface area (Å²) in [4.78, 5) is 14.2. The highest BCUT2D eigenvalue weighted by Crippen LogP contribution is 2.41. The number of hydrogen-bond donors (Lipinski definition) is 7. The molecule has 10 atom stereocenters. The van der Waals surface area contributed by atoms with Crippen LogP contribution in [0.25, 0.3) is 22.3 Å². The van der Waals surface area contributed by atoms with Crippen molar-refractivity contribution in [3.05, 3.63) is 57.8 Å². The summed E-state index contributed by atoms with van der Waals surface area (Å²) in [7, 11) is 1.48. The maximum Gasteiger partial charge on any atom is 0.239 e. The van der Waals surface area contributed by atoms with Crippen molar-refractivity contribution in [2.24, 2.45) is 0 Å². The molecule has 0 saturated carbocycles. The number of ether oxygens (including phenoxy) is 5. The van der Waals surface area contributed by atoms with Gasteiger partial charge in [-0.1, -0.05) is 11.6 Å². The molecule has 47 heavy (non-hydrogen) atoms. The normalized spacial score (nSPS) is 31.0. The zero-order chi connectivity index (χ0) is 34.3. The van der Waals surface area contributed by atoms with Crippen LogP contribution in [-0.2, 0) is 20.6 Å². The van der Waals surface area contributed by atoms with Crippen molar-refractivity contribution in [3.8, 4) is 34.3 Å². The van der Waals surface area contributed by atoms with Gasteiger partial charge in [0.05, 0.1) is 19.3 Å². The van der Waals surface area contributed by atoms with Gasteiger partial charge in [-0.3, -0.25) is 4.79 Å². The van der Waals surface area contributed by atoms with Gasteiger partial charge in [-0.05, 0) is 58.4 Å². The van der Waals surface area contributed by atoms with Crippen LogP contribution >= 0.6 is 0 Å². The Hall–Kier alpha value is -3.73. The first-order valence-electron chi connectivity index (χ1n) is 15.1. The van der Waals surface area contributed by atoms with Crippen LogP contribution in [0.1, 0.15) is 33.3 Å². The Morgan fingerprint density at radius 2 is 1.47 bits per heavy atom. The van der Waals surface area contributed by atoms with Crippen molar-refractivity contribution in [1.29, 1.82) is 0 Å². The molecule has 0 radical (unpaired) electrons. The minimum Gasteiger partial charge on any atom is -0.507 e. The highest BCUT2D eigenvalue weighted by atomic mass is 16.8. The number of phenols is 2. The number of phenolic OH excluding ortho intramolecular Hbond substituents is 2. The van der Waals surface area contributed by atoms with Crippen LogP contribution < -0.4 is 14.9 Å². The summed E-state index contributed by atoms with van der Waals surface area (Å²) in [6.07, 6.45) is -13.0. The monoisotopic (exact) mass is 660 g/mol. The number of allylic oxidation sites excluding steroid dienone is 2. The third kappa shape index (κ3) is 6.68. The Balaban J connectivity index is 1.65. The van der Waals surface area contributed by atoms with Gasteiger partial charge in [0.2, 0.25) is 17.5 Å². The van der Waals surface area contributed by atoms with Crippen LogP contribution in [0.2, 0.25) is 0 Å². The van der Waals surface area contributed by atoms with E-state index in [1.54, 1.807) is 24.3 Å². The summed E-state index contributed by atoms with van der Waals surface area (Å²) >= 11 is 0. The molecule has 1 aromatic heterocycles. The van der Waals surface area contributed by atoms with Gasteiger partial charge >= 0.3 is 0 Å². The summed E-state index contributed by atoms with van der Waals surface area (Å²) in [6, 6.07) is 7.43. The molecule has 14 nitrogen and oxygen atoms in total. The molecule has 14 heteroatoms. The van der Waals surface area contributed by atoms with E-state index < -0.39 is 78.3 Å². The third-order valence-electron chi connectivity index (χ3n) is 8.37. The van der Waals surface area contributed by atoms with Gasteiger partial charge < -0.3 is 63.8 Å². The van der Waals surface area contributed by atoms with Gasteiger partial charge in [0, 0.05) is 17.2 Å². The van der Waals surface area contributed by atoms with Crippen molar-refractivity contribution in [1.82, 2.24) is 0 Å². The van der Waals surface area contributed by atoms with Gasteiger partial charge in [0.15, 0.2) is 18.2 Å². The van der Waals surface area contributed by atoms with Gasteiger partial charge in [-0.25, -0.2) is 0 Å². The number of aromatic hydroxyl groups is 2. The van der Waals surface area contributed by atoms with Gasteiger partial charge in [0.25, 0.3) is 0 Å². The van der Waals surface area contributed by atoms with E-state index >= 15 is 0 Å². The minimum atomic E-state index is -1.77. The fourth-order valence-electron chi connectivity index (χ4n) is 5.55. The fourth-order valence-corrected chi connectivity index (χ4v) is 5.55. The molecule has 0 amide bonds. The standard InChI is InChI=1S/C33H40O14/c1-13(2)6-11-18-19(34)12-20(35)21-24(38)30(28(45-29(18)21)16-7-9-17(42-5)10-8-16)46-33-31(26(40)23(37)15(4)44-33)47-32-27(41)25(39)22(36)14(3)43-32/h6-10,12,14-15,22-23,25-27,31-37,39-41H,11H2,1-5H3/t14-,15-,22-,23-,25+,26+,27+,31+,32+,33+/m1/s1. The molecule has 3 heterocycles. The van der Waals surface area contributed by atoms with Crippen LogP contribution in [0.4, 0.5) is 0 Å². The maximum absolute atomic E-state index is 14.2. The van der Waals surface area contributed by atoms with E-state index in [2.05, 4.69) is 0 Å². The maximum atomic E-state index is 14.2. The zero-order valence-electron chi connectivity index (χ0n) is 26.4. The average Bonchev–Trinajstić information content (AvgIpc) is 3.03. The lowest BCUT2D eigenvalue weighted by molar-refractivity contribution is -0.352. The molecule has 0 spiro atoms. The van der Waals surface area contributed by atoms with Crippen molar-refractivity contribution in [3.63, 3.8) is 0 Å². The molecule has 0 bridgehead atoms. The van der Waals surface area contributed by atoms with E-state index in [0.717, 1.165) is 11.6 Å². The number of aliphatic hydroxyl groups excluding tert-OH is 5. The number of rotatable bonds is 8. The highest BCUT2D eigenvalue weighted by molar-refractivity contribution is 5.91. The Kier molecular flexibility index (Phi) is 10.1. The summed E-state index contributed by atoms with van der Waals surface area (Å²) in [5.41, 5.74) is 0.546. The third-order valence-corrected chi connectivity index (χ3v) is 8.37. The van der Waals surface area contributed by atoms with Crippen molar-refractivity contribution in [2.45, 2.75) is 95.5 Å². The van der Waals surface area contributed by atoms with Crippen LogP contribution in [0.5, 0.6) is 23.0 Å². The molecule has 2 fully saturated rings. The Labute approximate surface area is 269 Å². The molecule has 256 valence electrons. The second-order valence-electron chi connectivity index (χ2n) is 12.0.